The van der Waals surface area contributed by atoms with Crippen LogP contribution in [0.1, 0.15) is 0 Å². The van der Waals surface area contributed by atoms with E-state index in [2.05, 4.69) is 432 Å². The Morgan fingerprint density at radius 3 is 0.673 bits per heavy atom. The molecular weight excluding hydrogens is 1370 g/mol. The average molecular weight is 1440 g/mol. The molecule has 0 saturated carbocycles. The Morgan fingerprint density at radius 2 is 0.355 bits per heavy atom. The molecule has 0 unspecified atom stereocenters. The minimum Gasteiger partial charge on any atom is -0.310 e. The molecule has 2 heterocycles. The number of rotatable bonds is 12. The maximum atomic E-state index is 2.40. The Kier molecular flexibility index (Phi) is 15.9. The molecule has 0 amide bonds. The van der Waals surface area contributed by atoms with Crippen molar-refractivity contribution in [3.05, 3.63) is 413 Å². The van der Waals surface area contributed by atoms with Gasteiger partial charge in [-0.05, 0) is 269 Å². The summed E-state index contributed by atoms with van der Waals surface area (Å²) in [5, 5.41) is 24.9. The molecule has 0 N–H and O–H groups in total. The van der Waals surface area contributed by atoms with Crippen molar-refractivity contribution in [2.45, 2.75) is 0 Å². The van der Waals surface area contributed by atoms with E-state index in [0.717, 1.165) is 62.6 Å². The predicted molar refractivity (Wildman–Crippen MR) is 477 cm³/mol. The fourth-order valence-electron chi connectivity index (χ4n) is 16.5. The van der Waals surface area contributed by atoms with Crippen LogP contribution < -0.4 is 19.6 Å². The molecule has 0 aliphatic rings. The zero-order valence-electron chi connectivity index (χ0n) is 59.9. The number of fused-ring (bicyclic) bond motifs is 14. The Morgan fingerprint density at radius 1 is 0.127 bits per heavy atom. The Labute approximate surface area is 644 Å². The zero-order chi connectivity index (χ0) is 72.6. The van der Waals surface area contributed by atoms with Gasteiger partial charge in [0.2, 0.25) is 0 Å². The van der Waals surface area contributed by atoms with E-state index in [4.69, 9.17) is 0 Å². The van der Waals surface area contributed by atoms with Gasteiger partial charge in [0.15, 0.2) is 0 Å². The highest BCUT2D eigenvalue weighted by molar-refractivity contribution is 7.26. The zero-order valence-corrected chi connectivity index (χ0v) is 61.5. The quantitative estimate of drug-likeness (QED) is 0.121. The first-order chi connectivity index (χ1) is 54.4. The van der Waals surface area contributed by atoms with Crippen molar-refractivity contribution >= 4 is 217 Å². The molecule has 0 radical (unpaired) electrons. The SMILES string of the molecule is c1ccc(N(c2ccc3ccccc3c2)c2ccc3cc4sc5cc6ccc(N(c7ccccc7)c7ccc8ccccc8c7)cc6cc5c4cc3c2)cc1.c1ccc(N(c2ccc3ccccc3c2)c2ccc3cc4sc5cc6ccc(N(c7ccccc7)c7cccc8ccccc78)cc6cc5c4cc3c2)cc1. The van der Waals surface area contributed by atoms with E-state index in [0.29, 0.717) is 0 Å². The van der Waals surface area contributed by atoms with Crippen molar-refractivity contribution < 1.29 is 0 Å². The molecule has 0 bridgehead atoms. The number of hydrogen-bond donors (Lipinski definition) is 0. The average Bonchev–Trinajstić information content (AvgIpc) is 1.59. The number of hydrogen-bond acceptors (Lipinski definition) is 6. The van der Waals surface area contributed by atoms with Crippen molar-refractivity contribution in [1.29, 1.82) is 0 Å². The summed E-state index contributed by atoms with van der Waals surface area (Å²) in [4.78, 5) is 9.49. The number of thiophene rings is 2. The van der Waals surface area contributed by atoms with Crippen LogP contribution in [0, 0.1) is 0 Å². The number of anilines is 12. The van der Waals surface area contributed by atoms with Crippen molar-refractivity contribution in [1.82, 2.24) is 0 Å². The van der Waals surface area contributed by atoms with Gasteiger partial charge < -0.3 is 19.6 Å². The van der Waals surface area contributed by atoms with Crippen LogP contribution >= 0.6 is 22.7 Å². The van der Waals surface area contributed by atoms with E-state index in [1.54, 1.807) is 0 Å². The molecule has 0 atom stereocenters. The van der Waals surface area contributed by atoms with Crippen LogP contribution in [0.25, 0.3) is 127 Å². The molecule has 0 fully saturated rings. The molecule has 110 heavy (non-hydrogen) atoms. The van der Waals surface area contributed by atoms with Crippen LogP contribution in [-0.2, 0) is 0 Å². The Bertz CT molecular complexity index is 7090. The molecule has 22 aromatic rings. The van der Waals surface area contributed by atoms with Gasteiger partial charge >= 0.3 is 0 Å². The number of benzene rings is 20. The molecule has 0 aliphatic heterocycles. The summed E-state index contributed by atoms with van der Waals surface area (Å²) in [5.74, 6) is 0. The maximum Gasteiger partial charge on any atom is 0.0540 e. The van der Waals surface area contributed by atoms with Crippen LogP contribution in [0.3, 0.4) is 0 Å². The second-order valence-corrected chi connectivity index (χ2v) is 30.7. The molecule has 516 valence electrons. The van der Waals surface area contributed by atoms with E-state index < -0.39 is 0 Å². The lowest BCUT2D eigenvalue weighted by molar-refractivity contribution is 1.29. The fourth-order valence-corrected chi connectivity index (χ4v) is 18.8. The first-order valence-corrected chi connectivity index (χ1v) is 39.1. The highest BCUT2D eigenvalue weighted by Gasteiger charge is 2.22. The van der Waals surface area contributed by atoms with Gasteiger partial charge in [0, 0.05) is 108 Å². The summed E-state index contributed by atoms with van der Waals surface area (Å²) in [6.07, 6.45) is 0. The summed E-state index contributed by atoms with van der Waals surface area (Å²) < 4.78 is 5.23. The number of nitrogens with zero attached hydrogens (tertiary/aromatic N) is 4. The lowest BCUT2D eigenvalue weighted by Crippen LogP contribution is -2.10. The van der Waals surface area contributed by atoms with Crippen LogP contribution in [0.5, 0.6) is 0 Å². The third kappa shape index (κ3) is 11.8. The molecule has 0 spiro atoms. The van der Waals surface area contributed by atoms with Gasteiger partial charge in [-0.25, -0.2) is 0 Å². The van der Waals surface area contributed by atoms with Crippen LogP contribution in [0.4, 0.5) is 68.2 Å². The van der Waals surface area contributed by atoms with Crippen molar-refractivity contribution in [3.63, 3.8) is 0 Å². The fraction of sp³-hybridized carbons (Fsp3) is 0. The lowest BCUT2D eigenvalue weighted by Gasteiger charge is -2.27. The van der Waals surface area contributed by atoms with E-state index in [1.807, 2.05) is 22.7 Å². The molecule has 0 saturated heterocycles. The van der Waals surface area contributed by atoms with Gasteiger partial charge in [0.1, 0.15) is 0 Å². The van der Waals surface area contributed by atoms with Gasteiger partial charge in [0.25, 0.3) is 0 Å². The second kappa shape index (κ2) is 27.2. The Hall–Kier alpha value is -13.9. The van der Waals surface area contributed by atoms with E-state index in [-0.39, 0.29) is 0 Å². The monoisotopic (exact) mass is 1440 g/mol. The van der Waals surface area contributed by atoms with Gasteiger partial charge in [-0.3, -0.25) is 0 Å². The molecular formula is C104H68N4S2. The smallest absolute Gasteiger partial charge is 0.0540 e. The second-order valence-electron chi connectivity index (χ2n) is 28.5. The van der Waals surface area contributed by atoms with Gasteiger partial charge in [-0.1, -0.05) is 224 Å². The minimum absolute atomic E-state index is 1.13. The van der Waals surface area contributed by atoms with Gasteiger partial charge in [-0.2, -0.15) is 0 Å². The van der Waals surface area contributed by atoms with E-state index in [9.17, 15) is 0 Å². The lowest BCUT2D eigenvalue weighted by atomic mass is 10.0. The van der Waals surface area contributed by atoms with E-state index in [1.165, 1.54) is 132 Å². The maximum absolute atomic E-state index is 2.40. The van der Waals surface area contributed by atoms with Crippen molar-refractivity contribution in [3.8, 4) is 0 Å². The third-order valence-electron chi connectivity index (χ3n) is 21.8. The summed E-state index contributed by atoms with van der Waals surface area (Å²) in [6.45, 7) is 0. The summed E-state index contributed by atoms with van der Waals surface area (Å²) in [7, 11) is 0. The largest absolute Gasteiger partial charge is 0.310 e. The van der Waals surface area contributed by atoms with Crippen LogP contribution in [0.15, 0.2) is 413 Å². The molecule has 0 aliphatic carbocycles. The van der Waals surface area contributed by atoms with E-state index >= 15 is 0 Å². The topological polar surface area (TPSA) is 13.0 Å². The first-order valence-electron chi connectivity index (χ1n) is 37.5. The molecule has 2 aromatic heterocycles. The normalized spacial score (nSPS) is 11.6. The standard InChI is InChI=1S/2C52H34N2S/c1-3-15-43(16-4-1)53(45-23-19-35-11-7-9-13-37(35)27-45)47-25-21-39-33-51-49(31-41(39)29-47)50-32-42-30-48(26-22-40(42)34-52(50)55-51)54(44-17-5-2-6-18-44)46-24-20-36-12-8-10-14-38(36)28-46;1-3-16-42(17-4-1)53(44-25-22-35-12-7-8-14-37(35)28-44)45-26-23-38-33-51-48(31-40(38)29-45)49-32-41-30-46(27-24-39(41)34-52(49)55-51)54(43-18-5-2-6-19-43)50-21-11-15-36-13-9-10-20-47(36)50/h2*1-34H. The highest BCUT2D eigenvalue weighted by atomic mass is 32.1. The summed E-state index contributed by atoms with van der Waals surface area (Å²) in [6, 6.07) is 151. The van der Waals surface area contributed by atoms with Crippen molar-refractivity contribution in [2.75, 3.05) is 19.6 Å². The molecule has 4 nitrogen and oxygen atoms in total. The predicted octanol–water partition coefficient (Wildman–Crippen LogP) is 31.2. The highest BCUT2D eigenvalue weighted by Crippen LogP contribution is 2.48. The van der Waals surface area contributed by atoms with Crippen LogP contribution in [-0.4, -0.2) is 0 Å². The summed E-state index contributed by atoms with van der Waals surface area (Å²) >= 11 is 3.76. The molecule has 6 heteroatoms. The number of para-hydroxylation sites is 4. The first kappa shape index (κ1) is 64.5. The molecule has 22 rings (SSSR count). The third-order valence-corrected chi connectivity index (χ3v) is 24.0. The minimum atomic E-state index is 1.13. The molecule has 20 aromatic carbocycles. The Balaban J connectivity index is 0.000000140. The van der Waals surface area contributed by atoms with Crippen molar-refractivity contribution in [2.24, 2.45) is 0 Å². The van der Waals surface area contributed by atoms with Gasteiger partial charge in [0.05, 0.1) is 5.69 Å². The van der Waals surface area contributed by atoms with Gasteiger partial charge in [-0.15, -0.1) is 22.7 Å². The van der Waals surface area contributed by atoms with Crippen LogP contribution in [0.2, 0.25) is 0 Å². The summed E-state index contributed by atoms with van der Waals surface area (Å²) in [5.41, 5.74) is 13.7.